The molecule has 4 heteroatoms. The van der Waals surface area contributed by atoms with Crippen molar-refractivity contribution >= 4 is 17.3 Å². The number of benzene rings is 2. The van der Waals surface area contributed by atoms with Gasteiger partial charge in [-0.05, 0) is 17.7 Å². The van der Waals surface area contributed by atoms with Gasteiger partial charge in [0.25, 0.3) is 0 Å². The van der Waals surface area contributed by atoms with Crippen molar-refractivity contribution in [2.45, 2.75) is 6.61 Å². The Bertz CT molecular complexity index is 552. The lowest BCUT2D eigenvalue weighted by Gasteiger charge is -2.06. The Labute approximate surface area is 123 Å². The summed E-state index contributed by atoms with van der Waals surface area (Å²) in [5.41, 5.74) is 2.74. The molecule has 0 aromatic heterocycles. The number of halogens is 1. The average molecular weight is 290 g/mol. The highest BCUT2D eigenvalue weighted by Gasteiger charge is 2.04. The Morgan fingerprint density at radius 2 is 1.75 bits per heavy atom. The fourth-order valence-electron chi connectivity index (χ4n) is 1.70. The first-order valence-corrected chi connectivity index (χ1v) is 6.65. The molecule has 0 aliphatic heterocycles. The number of methoxy groups -OCH3 is 1. The maximum absolute atomic E-state index is 5.88. The van der Waals surface area contributed by atoms with E-state index in [4.69, 9.17) is 21.2 Å². The van der Waals surface area contributed by atoms with Gasteiger partial charge in [-0.25, -0.2) is 0 Å². The number of hydrogen-bond acceptors (Lipinski definition) is 3. The van der Waals surface area contributed by atoms with E-state index in [1.54, 1.807) is 7.11 Å². The summed E-state index contributed by atoms with van der Waals surface area (Å²) in [4.78, 5) is 5.39. The normalized spacial score (nSPS) is 11.4. The van der Waals surface area contributed by atoms with Crippen LogP contribution in [0.3, 0.4) is 0 Å². The molecule has 0 saturated carbocycles. The molecule has 0 aliphatic rings. The third-order valence-electron chi connectivity index (χ3n) is 2.71. The summed E-state index contributed by atoms with van der Waals surface area (Å²) in [5.74, 6) is 0. The van der Waals surface area contributed by atoms with Crippen LogP contribution in [0.1, 0.15) is 11.1 Å². The second-order valence-electron chi connectivity index (χ2n) is 4.24. The standard InChI is InChI=1S/C16H16ClNO2/c1-19-12-16(14-7-9-15(17)10-8-14)18-20-11-13-5-3-2-4-6-13/h2-10H,11-12H2,1H3/b18-16-. The molecular weight excluding hydrogens is 274 g/mol. The quantitative estimate of drug-likeness (QED) is 0.596. The van der Waals surface area contributed by atoms with E-state index in [1.807, 2.05) is 54.6 Å². The summed E-state index contributed by atoms with van der Waals surface area (Å²) in [6, 6.07) is 17.3. The van der Waals surface area contributed by atoms with Gasteiger partial charge in [0.15, 0.2) is 0 Å². The van der Waals surface area contributed by atoms with Gasteiger partial charge in [-0.15, -0.1) is 0 Å². The molecule has 0 fully saturated rings. The number of ether oxygens (including phenoxy) is 1. The zero-order chi connectivity index (χ0) is 14.2. The van der Waals surface area contributed by atoms with Crippen LogP contribution < -0.4 is 0 Å². The lowest BCUT2D eigenvalue weighted by molar-refractivity contribution is 0.127. The first kappa shape index (κ1) is 14.6. The predicted molar refractivity (Wildman–Crippen MR) is 81.1 cm³/mol. The highest BCUT2D eigenvalue weighted by atomic mass is 35.5. The lowest BCUT2D eigenvalue weighted by Crippen LogP contribution is -2.09. The third kappa shape index (κ3) is 4.37. The van der Waals surface area contributed by atoms with Crippen molar-refractivity contribution < 1.29 is 9.57 Å². The fourth-order valence-corrected chi connectivity index (χ4v) is 1.83. The third-order valence-corrected chi connectivity index (χ3v) is 2.96. The van der Waals surface area contributed by atoms with E-state index in [1.165, 1.54) is 0 Å². The van der Waals surface area contributed by atoms with E-state index >= 15 is 0 Å². The Balaban J connectivity index is 2.04. The molecular formula is C16H16ClNO2. The van der Waals surface area contributed by atoms with Gasteiger partial charge in [-0.3, -0.25) is 0 Å². The van der Waals surface area contributed by atoms with Crippen molar-refractivity contribution in [3.05, 3.63) is 70.7 Å². The van der Waals surface area contributed by atoms with Crippen molar-refractivity contribution in [1.29, 1.82) is 0 Å². The molecule has 0 aliphatic carbocycles. The second kappa shape index (κ2) is 7.68. The lowest BCUT2D eigenvalue weighted by atomic mass is 10.1. The Kier molecular flexibility index (Phi) is 5.59. The molecule has 104 valence electrons. The largest absolute Gasteiger partial charge is 0.391 e. The molecule has 20 heavy (non-hydrogen) atoms. The zero-order valence-corrected chi connectivity index (χ0v) is 12.0. The first-order chi connectivity index (χ1) is 9.79. The Hall–Kier alpha value is -1.84. The smallest absolute Gasteiger partial charge is 0.142 e. The van der Waals surface area contributed by atoms with Crippen molar-refractivity contribution in [3.63, 3.8) is 0 Å². The van der Waals surface area contributed by atoms with Crippen molar-refractivity contribution in [2.24, 2.45) is 5.16 Å². The molecule has 0 atom stereocenters. The molecule has 0 radical (unpaired) electrons. The Morgan fingerprint density at radius 1 is 1.05 bits per heavy atom. The van der Waals surface area contributed by atoms with Crippen molar-refractivity contribution in [1.82, 2.24) is 0 Å². The number of hydrogen-bond donors (Lipinski definition) is 0. The van der Waals surface area contributed by atoms with Crippen LogP contribution in [0.4, 0.5) is 0 Å². The van der Waals surface area contributed by atoms with Gasteiger partial charge in [0.1, 0.15) is 12.3 Å². The summed E-state index contributed by atoms with van der Waals surface area (Å²) in [7, 11) is 1.63. The van der Waals surface area contributed by atoms with Gasteiger partial charge in [-0.2, -0.15) is 0 Å². The van der Waals surface area contributed by atoms with Crippen LogP contribution in [0.15, 0.2) is 59.8 Å². The van der Waals surface area contributed by atoms with Crippen LogP contribution in [0, 0.1) is 0 Å². The fraction of sp³-hybridized carbons (Fsp3) is 0.188. The molecule has 3 nitrogen and oxygen atoms in total. The van der Waals surface area contributed by atoms with Gasteiger partial charge in [0.2, 0.25) is 0 Å². The van der Waals surface area contributed by atoms with Gasteiger partial charge in [0.05, 0.1) is 6.61 Å². The number of rotatable bonds is 6. The molecule has 2 aromatic carbocycles. The van der Waals surface area contributed by atoms with Gasteiger partial charge < -0.3 is 9.57 Å². The van der Waals surface area contributed by atoms with Crippen LogP contribution >= 0.6 is 11.6 Å². The summed E-state index contributed by atoms with van der Waals surface area (Å²) in [6.45, 7) is 0.818. The van der Waals surface area contributed by atoms with Gasteiger partial charge in [-0.1, -0.05) is 59.2 Å². The molecule has 0 bridgehead atoms. The van der Waals surface area contributed by atoms with Crippen LogP contribution in [0.2, 0.25) is 5.02 Å². The van der Waals surface area contributed by atoms with Crippen LogP contribution in [-0.2, 0) is 16.2 Å². The highest BCUT2D eigenvalue weighted by Crippen LogP contribution is 2.11. The predicted octanol–water partition coefficient (Wildman–Crippen LogP) is 3.91. The van der Waals surface area contributed by atoms with E-state index in [0.29, 0.717) is 18.2 Å². The minimum absolute atomic E-state index is 0.385. The van der Waals surface area contributed by atoms with Crippen LogP contribution in [0.25, 0.3) is 0 Å². The summed E-state index contributed by atoms with van der Waals surface area (Å²) in [6.07, 6.45) is 0. The molecule has 0 saturated heterocycles. The van der Waals surface area contributed by atoms with Gasteiger partial charge in [0, 0.05) is 17.7 Å². The molecule has 0 amide bonds. The van der Waals surface area contributed by atoms with E-state index in [9.17, 15) is 0 Å². The molecule has 0 unspecified atom stereocenters. The molecule has 0 spiro atoms. The van der Waals surface area contributed by atoms with Crippen molar-refractivity contribution in [3.8, 4) is 0 Å². The van der Waals surface area contributed by atoms with E-state index < -0.39 is 0 Å². The summed E-state index contributed by atoms with van der Waals surface area (Å²) >= 11 is 5.88. The van der Waals surface area contributed by atoms with E-state index in [2.05, 4.69) is 5.16 Å². The maximum Gasteiger partial charge on any atom is 0.142 e. The molecule has 0 heterocycles. The molecule has 0 N–H and O–H groups in total. The maximum atomic E-state index is 5.88. The van der Waals surface area contributed by atoms with Crippen molar-refractivity contribution in [2.75, 3.05) is 13.7 Å². The summed E-state index contributed by atoms with van der Waals surface area (Å²) < 4.78 is 5.15. The topological polar surface area (TPSA) is 30.8 Å². The molecule has 2 rings (SSSR count). The average Bonchev–Trinajstić information content (AvgIpc) is 2.48. The van der Waals surface area contributed by atoms with E-state index in [-0.39, 0.29) is 0 Å². The zero-order valence-electron chi connectivity index (χ0n) is 11.3. The molecule has 2 aromatic rings. The van der Waals surface area contributed by atoms with Crippen LogP contribution in [0.5, 0.6) is 0 Å². The summed E-state index contributed by atoms with van der Waals surface area (Å²) in [5, 5.41) is 4.85. The highest BCUT2D eigenvalue weighted by molar-refractivity contribution is 6.30. The van der Waals surface area contributed by atoms with E-state index in [0.717, 1.165) is 16.8 Å². The number of oxime groups is 1. The Morgan fingerprint density at radius 3 is 2.40 bits per heavy atom. The minimum Gasteiger partial charge on any atom is -0.391 e. The number of nitrogens with zero attached hydrogens (tertiary/aromatic N) is 1. The monoisotopic (exact) mass is 289 g/mol. The van der Waals surface area contributed by atoms with Gasteiger partial charge >= 0.3 is 0 Å². The SMILES string of the molecule is COC/C(=N/OCc1ccccc1)c1ccc(Cl)cc1. The minimum atomic E-state index is 0.385. The first-order valence-electron chi connectivity index (χ1n) is 6.27. The second-order valence-corrected chi connectivity index (χ2v) is 4.67. The van der Waals surface area contributed by atoms with Crippen LogP contribution in [-0.4, -0.2) is 19.4 Å².